The molecule has 4 heteroatoms. The highest BCUT2D eigenvalue weighted by Crippen LogP contribution is 2.03. The Hall–Kier alpha value is -0.610. The Kier molecular flexibility index (Phi) is 9.52. The summed E-state index contributed by atoms with van der Waals surface area (Å²) in [5, 5.41) is 0. The van der Waals surface area contributed by atoms with Gasteiger partial charge in [0.25, 0.3) is 0 Å². The number of hydrogen-bond donors (Lipinski definition) is 2. The number of hydrazine groups is 1. The molecule has 4 nitrogen and oxygen atoms in total. The van der Waals surface area contributed by atoms with Gasteiger partial charge in [0.15, 0.2) is 0 Å². The predicted molar refractivity (Wildman–Crippen MR) is 61.1 cm³/mol. The Morgan fingerprint density at radius 2 is 1.93 bits per heavy atom. The highest BCUT2D eigenvalue weighted by atomic mass is 16.5. The van der Waals surface area contributed by atoms with Crippen LogP contribution < -0.4 is 11.3 Å². The molecule has 0 unspecified atom stereocenters. The standard InChI is InChI=1S/C11H24N2O2/c1-10(2)6-5-9-15-8-4-3-7-11(14)13-12/h10H,3-9,12H2,1-2H3,(H,13,14). The minimum Gasteiger partial charge on any atom is -0.381 e. The fraction of sp³-hybridized carbons (Fsp3) is 0.909. The molecule has 0 aromatic rings. The molecule has 0 saturated carbocycles. The van der Waals surface area contributed by atoms with Crippen LogP contribution in [0, 0.1) is 5.92 Å². The van der Waals surface area contributed by atoms with Gasteiger partial charge < -0.3 is 4.74 Å². The predicted octanol–water partition coefficient (Wildman–Crippen LogP) is 1.60. The molecule has 0 rings (SSSR count). The lowest BCUT2D eigenvalue weighted by atomic mass is 10.1. The highest BCUT2D eigenvalue weighted by molar-refractivity contribution is 5.74. The van der Waals surface area contributed by atoms with Gasteiger partial charge in [-0.25, -0.2) is 5.84 Å². The van der Waals surface area contributed by atoms with E-state index >= 15 is 0 Å². The SMILES string of the molecule is CC(C)CCCOCCCCC(=O)NN. The van der Waals surface area contributed by atoms with E-state index in [2.05, 4.69) is 19.3 Å². The number of amides is 1. The molecular formula is C11H24N2O2. The zero-order valence-electron chi connectivity index (χ0n) is 9.92. The van der Waals surface area contributed by atoms with Crippen LogP contribution in [0.2, 0.25) is 0 Å². The number of carbonyl (C=O) groups excluding carboxylic acids is 1. The van der Waals surface area contributed by atoms with Crippen molar-refractivity contribution in [1.29, 1.82) is 0 Å². The van der Waals surface area contributed by atoms with Crippen molar-refractivity contribution >= 4 is 5.91 Å². The summed E-state index contributed by atoms with van der Waals surface area (Å²) in [6.07, 6.45) is 4.60. The van der Waals surface area contributed by atoms with Gasteiger partial charge in [-0.1, -0.05) is 13.8 Å². The molecule has 0 saturated heterocycles. The van der Waals surface area contributed by atoms with Crippen molar-refractivity contribution in [2.45, 2.75) is 46.0 Å². The van der Waals surface area contributed by atoms with Crippen LogP contribution in [0.1, 0.15) is 46.0 Å². The molecule has 3 N–H and O–H groups in total. The maximum atomic E-state index is 10.7. The lowest BCUT2D eigenvalue weighted by Gasteiger charge is -2.05. The van der Waals surface area contributed by atoms with Gasteiger partial charge in [0, 0.05) is 19.6 Å². The first-order valence-corrected chi connectivity index (χ1v) is 5.74. The first-order valence-electron chi connectivity index (χ1n) is 5.74. The van der Waals surface area contributed by atoms with E-state index in [1.54, 1.807) is 0 Å². The smallest absolute Gasteiger partial charge is 0.233 e. The molecule has 0 aliphatic rings. The summed E-state index contributed by atoms with van der Waals surface area (Å²) in [5.74, 6) is 5.60. The van der Waals surface area contributed by atoms with E-state index in [-0.39, 0.29) is 5.91 Å². The molecule has 0 bridgehead atoms. The zero-order valence-corrected chi connectivity index (χ0v) is 9.92. The monoisotopic (exact) mass is 216 g/mol. The van der Waals surface area contributed by atoms with Crippen molar-refractivity contribution < 1.29 is 9.53 Å². The van der Waals surface area contributed by atoms with Crippen LogP contribution in [-0.2, 0) is 9.53 Å². The van der Waals surface area contributed by atoms with Gasteiger partial charge in [-0.05, 0) is 31.6 Å². The molecular weight excluding hydrogens is 192 g/mol. The van der Waals surface area contributed by atoms with Crippen LogP contribution in [0.15, 0.2) is 0 Å². The van der Waals surface area contributed by atoms with Crippen molar-refractivity contribution in [3.63, 3.8) is 0 Å². The summed E-state index contributed by atoms with van der Waals surface area (Å²) < 4.78 is 5.44. The number of ether oxygens (including phenoxy) is 1. The number of hydrogen-bond acceptors (Lipinski definition) is 3. The topological polar surface area (TPSA) is 64.3 Å². The summed E-state index contributed by atoms with van der Waals surface area (Å²) >= 11 is 0. The fourth-order valence-corrected chi connectivity index (χ4v) is 1.26. The van der Waals surface area contributed by atoms with E-state index in [4.69, 9.17) is 10.6 Å². The normalized spacial score (nSPS) is 10.7. The zero-order chi connectivity index (χ0) is 11.5. The Morgan fingerprint density at radius 3 is 2.53 bits per heavy atom. The number of nitrogens with one attached hydrogen (secondary N) is 1. The van der Waals surface area contributed by atoms with Crippen LogP contribution in [0.5, 0.6) is 0 Å². The van der Waals surface area contributed by atoms with E-state index in [0.717, 1.165) is 38.4 Å². The van der Waals surface area contributed by atoms with Gasteiger partial charge in [-0.2, -0.15) is 0 Å². The largest absolute Gasteiger partial charge is 0.381 e. The van der Waals surface area contributed by atoms with Crippen LogP contribution in [0.3, 0.4) is 0 Å². The molecule has 0 aliphatic heterocycles. The van der Waals surface area contributed by atoms with E-state index in [1.165, 1.54) is 6.42 Å². The van der Waals surface area contributed by atoms with Crippen molar-refractivity contribution in [1.82, 2.24) is 5.43 Å². The van der Waals surface area contributed by atoms with Gasteiger partial charge in [-0.15, -0.1) is 0 Å². The fourth-order valence-electron chi connectivity index (χ4n) is 1.26. The second kappa shape index (κ2) is 9.93. The molecule has 0 aromatic heterocycles. The number of unbranched alkanes of at least 4 members (excludes halogenated alkanes) is 1. The number of nitrogens with two attached hydrogens (primary N) is 1. The summed E-state index contributed by atoms with van der Waals surface area (Å²) in [4.78, 5) is 10.7. The van der Waals surface area contributed by atoms with Gasteiger partial charge in [0.1, 0.15) is 0 Å². The molecule has 0 atom stereocenters. The number of rotatable bonds is 9. The van der Waals surface area contributed by atoms with Crippen molar-refractivity contribution in [2.75, 3.05) is 13.2 Å². The second-order valence-electron chi connectivity index (χ2n) is 4.17. The lowest BCUT2D eigenvalue weighted by molar-refractivity contribution is -0.121. The third-order valence-electron chi connectivity index (χ3n) is 2.17. The molecule has 0 fully saturated rings. The van der Waals surface area contributed by atoms with E-state index in [9.17, 15) is 4.79 Å². The summed E-state index contributed by atoms with van der Waals surface area (Å²) in [6.45, 7) is 6.01. The van der Waals surface area contributed by atoms with Crippen LogP contribution >= 0.6 is 0 Å². The lowest BCUT2D eigenvalue weighted by Crippen LogP contribution is -2.29. The minimum absolute atomic E-state index is 0.102. The van der Waals surface area contributed by atoms with Gasteiger partial charge in [0.05, 0.1) is 0 Å². The van der Waals surface area contributed by atoms with Gasteiger partial charge in [-0.3, -0.25) is 10.2 Å². The first kappa shape index (κ1) is 14.4. The quantitative estimate of drug-likeness (QED) is 0.266. The molecule has 90 valence electrons. The van der Waals surface area contributed by atoms with Crippen LogP contribution in [-0.4, -0.2) is 19.1 Å². The molecule has 0 radical (unpaired) electrons. The minimum atomic E-state index is -0.102. The molecule has 1 amide bonds. The second-order valence-corrected chi connectivity index (χ2v) is 4.17. The summed E-state index contributed by atoms with van der Waals surface area (Å²) in [6, 6.07) is 0. The maximum absolute atomic E-state index is 10.7. The highest BCUT2D eigenvalue weighted by Gasteiger charge is 1.98. The van der Waals surface area contributed by atoms with Crippen molar-refractivity contribution in [3.8, 4) is 0 Å². The Morgan fingerprint density at radius 1 is 1.27 bits per heavy atom. The Bertz CT molecular complexity index is 161. The maximum Gasteiger partial charge on any atom is 0.233 e. The van der Waals surface area contributed by atoms with E-state index < -0.39 is 0 Å². The third kappa shape index (κ3) is 11.3. The van der Waals surface area contributed by atoms with Crippen molar-refractivity contribution in [2.24, 2.45) is 11.8 Å². The Labute approximate surface area is 92.5 Å². The molecule has 0 heterocycles. The van der Waals surface area contributed by atoms with Crippen LogP contribution in [0.25, 0.3) is 0 Å². The summed E-state index contributed by atoms with van der Waals surface area (Å²) in [5.41, 5.74) is 2.11. The number of carbonyl (C=O) groups is 1. The molecule has 15 heavy (non-hydrogen) atoms. The third-order valence-corrected chi connectivity index (χ3v) is 2.17. The van der Waals surface area contributed by atoms with Gasteiger partial charge in [0.2, 0.25) is 5.91 Å². The Balaban J connectivity index is 3.02. The first-order chi connectivity index (χ1) is 7.16. The average molecular weight is 216 g/mol. The van der Waals surface area contributed by atoms with E-state index in [1.807, 2.05) is 0 Å². The average Bonchev–Trinajstić information content (AvgIpc) is 2.21. The molecule has 0 spiro atoms. The van der Waals surface area contributed by atoms with Crippen molar-refractivity contribution in [3.05, 3.63) is 0 Å². The molecule has 0 aromatic carbocycles. The summed E-state index contributed by atoms with van der Waals surface area (Å²) in [7, 11) is 0. The molecule has 0 aliphatic carbocycles. The van der Waals surface area contributed by atoms with Gasteiger partial charge >= 0.3 is 0 Å². The van der Waals surface area contributed by atoms with E-state index in [0.29, 0.717) is 6.42 Å². The van der Waals surface area contributed by atoms with Crippen LogP contribution in [0.4, 0.5) is 0 Å².